The van der Waals surface area contributed by atoms with E-state index in [1.807, 2.05) is 0 Å². The number of carbonyl (C=O) groups is 4. The SMILES string of the molecule is NCCCC[C@H](N)C(=O)O.N[C@@H](CC(=O)O)C(=O)O.N[C@@H](CO)C(=O)O. The van der Waals surface area contributed by atoms with Gasteiger partial charge in [0.25, 0.3) is 0 Å². The molecule has 0 spiro atoms. The van der Waals surface area contributed by atoms with Gasteiger partial charge >= 0.3 is 23.9 Å². The molecule has 0 aromatic carbocycles. The second-order valence-corrected chi connectivity index (χ2v) is 4.90. The van der Waals surface area contributed by atoms with Crippen LogP contribution in [0.2, 0.25) is 0 Å². The summed E-state index contributed by atoms with van der Waals surface area (Å²) < 4.78 is 0. The van der Waals surface area contributed by atoms with Crippen LogP contribution in [-0.4, -0.2) is 80.7 Å². The van der Waals surface area contributed by atoms with Gasteiger partial charge in [0, 0.05) is 0 Å². The minimum absolute atomic E-state index is 0.505. The summed E-state index contributed by atoms with van der Waals surface area (Å²) in [5, 5.41) is 40.3. The number of rotatable bonds is 10. The van der Waals surface area contributed by atoms with E-state index in [4.69, 9.17) is 48.5 Å². The van der Waals surface area contributed by atoms with E-state index < -0.39 is 55.0 Å². The third kappa shape index (κ3) is 21.7. The highest BCUT2D eigenvalue weighted by Gasteiger charge is 2.14. The van der Waals surface area contributed by atoms with Crippen LogP contribution in [0.1, 0.15) is 25.7 Å². The van der Waals surface area contributed by atoms with Crippen molar-refractivity contribution >= 4 is 23.9 Å². The summed E-state index contributed by atoms with van der Waals surface area (Å²) in [4.78, 5) is 39.4. The molecule has 0 fully saturated rings. The predicted octanol–water partition coefficient (Wildman–Crippen LogP) is -3.21. The van der Waals surface area contributed by atoms with E-state index in [2.05, 4.69) is 0 Å². The van der Waals surface area contributed by atoms with Crippen LogP contribution in [0.4, 0.5) is 0 Å². The summed E-state index contributed by atoms with van der Waals surface area (Å²) in [6.07, 6.45) is 1.63. The lowest BCUT2D eigenvalue weighted by Gasteiger charge is -2.03. The van der Waals surface area contributed by atoms with Gasteiger partial charge in [-0.15, -0.1) is 0 Å². The Morgan fingerprint density at radius 1 is 0.731 bits per heavy atom. The number of aliphatic hydroxyl groups excluding tert-OH is 1. The molecule has 0 unspecified atom stereocenters. The first-order chi connectivity index (χ1) is 11.9. The Morgan fingerprint density at radius 2 is 1.15 bits per heavy atom. The number of hydrogen-bond acceptors (Lipinski definition) is 9. The van der Waals surface area contributed by atoms with Crippen LogP contribution in [0.25, 0.3) is 0 Å². The highest BCUT2D eigenvalue weighted by atomic mass is 16.4. The van der Waals surface area contributed by atoms with Crippen molar-refractivity contribution in [1.82, 2.24) is 0 Å². The Hall–Kier alpha value is -2.32. The number of nitrogens with two attached hydrogens (primary N) is 4. The lowest BCUT2D eigenvalue weighted by molar-refractivity contribution is -0.144. The average molecular weight is 384 g/mol. The molecule has 0 aliphatic carbocycles. The Bertz CT molecular complexity index is 434. The van der Waals surface area contributed by atoms with Crippen molar-refractivity contribution in [2.45, 2.75) is 43.8 Å². The van der Waals surface area contributed by atoms with Crippen LogP contribution >= 0.6 is 0 Å². The second-order valence-electron chi connectivity index (χ2n) is 4.90. The first-order valence-corrected chi connectivity index (χ1v) is 7.38. The van der Waals surface area contributed by atoms with Crippen LogP contribution in [0.5, 0.6) is 0 Å². The third-order valence-corrected chi connectivity index (χ3v) is 2.51. The van der Waals surface area contributed by atoms with Crippen molar-refractivity contribution < 1.29 is 44.7 Å². The number of hydrogen-bond donors (Lipinski definition) is 9. The van der Waals surface area contributed by atoms with Crippen molar-refractivity contribution in [3.8, 4) is 0 Å². The summed E-state index contributed by atoms with van der Waals surface area (Å²) in [5.74, 6) is -4.61. The molecular formula is C13H28N4O9. The largest absolute Gasteiger partial charge is 0.481 e. The highest BCUT2D eigenvalue weighted by Crippen LogP contribution is 1.97. The normalized spacial score (nSPS) is 13.0. The van der Waals surface area contributed by atoms with Gasteiger partial charge in [0.05, 0.1) is 13.0 Å². The molecule has 13 N–H and O–H groups in total. The van der Waals surface area contributed by atoms with Gasteiger partial charge in [-0.3, -0.25) is 19.2 Å². The Balaban J connectivity index is -0.000000310. The van der Waals surface area contributed by atoms with E-state index in [-0.39, 0.29) is 0 Å². The third-order valence-electron chi connectivity index (χ3n) is 2.51. The zero-order chi connectivity index (χ0) is 21.3. The number of unbranched alkanes of at least 4 members (excludes halogenated alkanes) is 1. The molecule has 0 bridgehead atoms. The van der Waals surface area contributed by atoms with Gasteiger partial charge in [-0.25, -0.2) is 0 Å². The van der Waals surface area contributed by atoms with Gasteiger partial charge < -0.3 is 48.5 Å². The Kier molecular flexibility index (Phi) is 19.2. The standard InChI is InChI=1S/C6H14N2O2.C4H7NO4.C3H7NO3/c7-4-2-1-3-5(8)6(9)10;5-2(4(8)9)1-3(6)7;4-2(1-5)3(6)7/h5H,1-4,7-8H2,(H,9,10);2H,1,5H2,(H,6,7)(H,8,9);2,5H,1,4H2,(H,6,7)/t5-;2*2-/m000/s1. The molecule has 0 aliphatic heterocycles. The summed E-state index contributed by atoms with van der Waals surface area (Å²) in [6.45, 7) is 0.0989. The van der Waals surface area contributed by atoms with Gasteiger partial charge in [0.1, 0.15) is 18.1 Å². The number of carboxylic acid groups (broad SMARTS) is 4. The molecule has 0 amide bonds. The monoisotopic (exact) mass is 384 g/mol. The molecule has 13 nitrogen and oxygen atoms in total. The lowest BCUT2D eigenvalue weighted by atomic mass is 10.1. The lowest BCUT2D eigenvalue weighted by Crippen LogP contribution is -2.33. The molecule has 0 rings (SSSR count). The summed E-state index contributed by atoms with van der Waals surface area (Å²) in [7, 11) is 0. The van der Waals surface area contributed by atoms with Crippen LogP contribution in [0.15, 0.2) is 0 Å². The van der Waals surface area contributed by atoms with E-state index in [1.54, 1.807) is 0 Å². The minimum Gasteiger partial charge on any atom is -0.481 e. The Labute approximate surface area is 149 Å². The van der Waals surface area contributed by atoms with E-state index in [1.165, 1.54) is 0 Å². The first-order valence-electron chi connectivity index (χ1n) is 7.38. The molecule has 154 valence electrons. The zero-order valence-electron chi connectivity index (χ0n) is 14.2. The van der Waals surface area contributed by atoms with Crippen molar-refractivity contribution in [2.75, 3.05) is 13.2 Å². The van der Waals surface area contributed by atoms with Crippen LogP contribution in [-0.2, 0) is 19.2 Å². The molecule has 26 heavy (non-hydrogen) atoms. The first kappa shape index (κ1) is 28.5. The maximum atomic E-state index is 10.1. The molecule has 0 aromatic heterocycles. The van der Waals surface area contributed by atoms with Crippen LogP contribution < -0.4 is 22.9 Å². The molecule has 0 saturated heterocycles. The average Bonchev–Trinajstić information content (AvgIpc) is 2.54. The molecular weight excluding hydrogens is 356 g/mol. The van der Waals surface area contributed by atoms with Crippen molar-refractivity contribution in [3.63, 3.8) is 0 Å². The van der Waals surface area contributed by atoms with Gasteiger partial charge in [-0.1, -0.05) is 6.42 Å². The molecule has 0 heterocycles. The molecule has 0 radical (unpaired) electrons. The van der Waals surface area contributed by atoms with Crippen molar-refractivity contribution in [2.24, 2.45) is 22.9 Å². The van der Waals surface area contributed by atoms with Gasteiger partial charge in [0.15, 0.2) is 0 Å². The fraction of sp³-hybridized carbons (Fsp3) is 0.692. The van der Waals surface area contributed by atoms with E-state index in [0.717, 1.165) is 12.8 Å². The Morgan fingerprint density at radius 3 is 1.35 bits per heavy atom. The fourth-order valence-corrected chi connectivity index (χ4v) is 0.986. The summed E-state index contributed by atoms with van der Waals surface area (Å²) >= 11 is 0. The van der Waals surface area contributed by atoms with Gasteiger partial charge in [0.2, 0.25) is 0 Å². The molecule has 0 saturated carbocycles. The smallest absolute Gasteiger partial charge is 0.322 e. The summed E-state index contributed by atoms with van der Waals surface area (Å²) in [6, 6.07) is -3.13. The minimum atomic E-state index is -1.29. The van der Waals surface area contributed by atoms with Crippen molar-refractivity contribution in [3.05, 3.63) is 0 Å². The van der Waals surface area contributed by atoms with Gasteiger partial charge in [-0.05, 0) is 19.4 Å². The van der Waals surface area contributed by atoms with E-state index in [0.29, 0.717) is 13.0 Å². The molecule has 0 aliphatic rings. The predicted molar refractivity (Wildman–Crippen MR) is 89.1 cm³/mol. The number of aliphatic carboxylic acids is 4. The second kappa shape index (κ2) is 17.5. The fourth-order valence-electron chi connectivity index (χ4n) is 0.986. The topological polar surface area (TPSA) is 274 Å². The number of carboxylic acids is 4. The number of aliphatic hydroxyl groups is 1. The molecule has 0 aromatic rings. The summed E-state index contributed by atoms with van der Waals surface area (Å²) in [5.41, 5.74) is 20.0. The van der Waals surface area contributed by atoms with Crippen LogP contribution in [0.3, 0.4) is 0 Å². The maximum absolute atomic E-state index is 10.1. The van der Waals surface area contributed by atoms with Crippen molar-refractivity contribution in [1.29, 1.82) is 0 Å². The zero-order valence-corrected chi connectivity index (χ0v) is 14.2. The van der Waals surface area contributed by atoms with E-state index >= 15 is 0 Å². The quantitative estimate of drug-likeness (QED) is 0.168. The van der Waals surface area contributed by atoms with Gasteiger partial charge in [-0.2, -0.15) is 0 Å². The molecule has 3 atom stereocenters. The highest BCUT2D eigenvalue weighted by molar-refractivity contribution is 5.80. The van der Waals surface area contributed by atoms with E-state index in [9.17, 15) is 19.2 Å². The maximum Gasteiger partial charge on any atom is 0.322 e. The van der Waals surface area contributed by atoms with Crippen LogP contribution in [0, 0.1) is 0 Å². The molecule has 13 heteroatoms.